The smallest absolute Gasteiger partial charge is 0.220 e. The van der Waals surface area contributed by atoms with E-state index in [0.29, 0.717) is 34.8 Å². The van der Waals surface area contributed by atoms with Crippen molar-refractivity contribution in [2.75, 3.05) is 0 Å². The van der Waals surface area contributed by atoms with Crippen molar-refractivity contribution in [3.8, 4) is 40.7 Å². The molecule has 0 fully saturated rings. The zero-order valence-corrected chi connectivity index (χ0v) is 16.7. The molecule has 1 N–H and O–H groups in total. The van der Waals surface area contributed by atoms with Crippen molar-refractivity contribution in [1.82, 2.24) is 14.4 Å². The van der Waals surface area contributed by atoms with E-state index in [4.69, 9.17) is 16.4 Å². The van der Waals surface area contributed by atoms with Gasteiger partial charge < -0.3 is 5.11 Å². The first kappa shape index (κ1) is 18.7. The second-order valence-corrected chi connectivity index (χ2v) is 7.24. The first-order valence-corrected chi connectivity index (χ1v) is 10.0. The van der Waals surface area contributed by atoms with Gasteiger partial charge in [0.1, 0.15) is 22.8 Å². The molecule has 0 unspecified atom stereocenters. The number of hydrogen-bond acceptors (Lipinski definition) is 3. The third-order valence-electron chi connectivity index (χ3n) is 5.25. The zero-order chi connectivity index (χ0) is 21.2. The first-order valence-electron chi connectivity index (χ1n) is 10.0. The summed E-state index contributed by atoms with van der Waals surface area (Å²) in [4.78, 5) is 9.72. The van der Waals surface area contributed by atoms with E-state index in [1.54, 1.807) is 4.40 Å². The molecule has 0 atom stereocenters. The Morgan fingerprint density at radius 1 is 0.742 bits per heavy atom. The fourth-order valence-corrected chi connectivity index (χ4v) is 3.78. The number of hydrogen-bond donors (Lipinski definition) is 1. The molecule has 148 valence electrons. The van der Waals surface area contributed by atoms with Gasteiger partial charge in [0.15, 0.2) is 5.65 Å². The van der Waals surface area contributed by atoms with Crippen molar-refractivity contribution < 1.29 is 5.11 Å². The Morgan fingerprint density at radius 3 is 1.87 bits per heavy atom. The van der Waals surface area contributed by atoms with Crippen LogP contribution in [0.5, 0.6) is 5.88 Å². The second-order valence-electron chi connectivity index (χ2n) is 7.24. The highest BCUT2D eigenvalue weighted by atomic mass is 16.3. The Balaban J connectivity index is 1.82. The van der Waals surface area contributed by atoms with Crippen LogP contribution >= 0.6 is 0 Å². The highest BCUT2D eigenvalue weighted by Crippen LogP contribution is 2.34. The van der Waals surface area contributed by atoms with Gasteiger partial charge in [0.25, 0.3) is 0 Å². The van der Waals surface area contributed by atoms with Gasteiger partial charge >= 0.3 is 0 Å². The molecule has 5 aromatic rings. The van der Waals surface area contributed by atoms with E-state index in [1.807, 2.05) is 91.0 Å². The molecule has 5 rings (SSSR count). The average Bonchev–Trinajstić information content (AvgIpc) is 3.15. The van der Waals surface area contributed by atoms with Crippen LogP contribution in [0.25, 0.3) is 28.2 Å². The van der Waals surface area contributed by atoms with Gasteiger partial charge in [0.05, 0.1) is 0 Å². The Labute approximate surface area is 180 Å². The standard InChI is InChI=1S/C27H19N3O/c1-2-23-24(20-14-8-4-9-15-20)29-25(21-16-10-5-11-17-21)26-28-22(27(31)30(23)26)18-19-12-6-3-7-13-19/h1,3-17,31H,18H2. The van der Waals surface area contributed by atoms with E-state index in [-0.39, 0.29) is 5.88 Å². The summed E-state index contributed by atoms with van der Waals surface area (Å²) in [6.45, 7) is 0. The van der Waals surface area contributed by atoms with Gasteiger partial charge in [-0.2, -0.15) is 0 Å². The van der Waals surface area contributed by atoms with E-state index in [1.165, 1.54) is 0 Å². The molecule has 0 spiro atoms. The predicted molar refractivity (Wildman–Crippen MR) is 123 cm³/mol. The molecule has 0 aliphatic carbocycles. The lowest BCUT2D eigenvalue weighted by molar-refractivity contribution is 0.442. The molecule has 0 saturated heterocycles. The maximum Gasteiger partial charge on any atom is 0.220 e. The quantitative estimate of drug-likeness (QED) is 0.414. The molecule has 0 bridgehead atoms. The number of terminal acetylenes is 1. The third-order valence-corrected chi connectivity index (χ3v) is 5.25. The molecule has 0 aliphatic heterocycles. The summed E-state index contributed by atoms with van der Waals surface area (Å²) >= 11 is 0. The summed E-state index contributed by atoms with van der Waals surface area (Å²) in [6.07, 6.45) is 6.42. The number of rotatable bonds is 4. The van der Waals surface area contributed by atoms with Crippen molar-refractivity contribution in [3.05, 3.63) is 108 Å². The van der Waals surface area contributed by atoms with Crippen LogP contribution in [0, 0.1) is 12.3 Å². The highest BCUT2D eigenvalue weighted by Gasteiger charge is 2.22. The lowest BCUT2D eigenvalue weighted by Crippen LogP contribution is -2.02. The summed E-state index contributed by atoms with van der Waals surface area (Å²) in [5.41, 5.74) is 5.73. The van der Waals surface area contributed by atoms with Gasteiger partial charge in [-0.1, -0.05) is 91.0 Å². The van der Waals surface area contributed by atoms with Crippen LogP contribution in [-0.2, 0) is 6.42 Å². The maximum atomic E-state index is 11.2. The minimum absolute atomic E-state index is 0.0450. The average molecular weight is 401 g/mol. The van der Waals surface area contributed by atoms with Crippen LogP contribution in [-0.4, -0.2) is 19.5 Å². The van der Waals surface area contributed by atoms with Crippen LogP contribution < -0.4 is 0 Å². The number of aromatic nitrogens is 3. The first-order chi connectivity index (χ1) is 15.3. The highest BCUT2D eigenvalue weighted by molar-refractivity contribution is 5.80. The molecular weight excluding hydrogens is 382 g/mol. The number of nitrogens with zero attached hydrogens (tertiary/aromatic N) is 3. The number of imidazole rings is 1. The summed E-state index contributed by atoms with van der Waals surface area (Å²) < 4.78 is 1.65. The van der Waals surface area contributed by atoms with Crippen LogP contribution in [0.4, 0.5) is 0 Å². The monoisotopic (exact) mass is 401 g/mol. The van der Waals surface area contributed by atoms with Crippen molar-refractivity contribution >= 4 is 5.65 Å². The minimum Gasteiger partial charge on any atom is -0.493 e. The van der Waals surface area contributed by atoms with Crippen LogP contribution in [0.3, 0.4) is 0 Å². The Morgan fingerprint density at radius 2 is 1.29 bits per heavy atom. The molecule has 3 aromatic carbocycles. The molecule has 4 nitrogen and oxygen atoms in total. The third kappa shape index (κ3) is 3.33. The Bertz CT molecular complexity index is 1400. The van der Waals surface area contributed by atoms with Gasteiger partial charge in [0.2, 0.25) is 5.88 Å². The van der Waals surface area contributed by atoms with Crippen LogP contribution in [0.1, 0.15) is 17.0 Å². The van der Waals surface area contributed by atoms with Gasteiger partial charge in [-0.25, -0.2) is 9.97 Å². The fraction of sp³-hybridized carbons (Fsp3) is 0.0370. The summed E-state index contributed by atoms with van der Waals surface area (Å²) in [6, 6.07) is 29.5. The fourth-order valence-electron chi connectivity index (χ4n) is 3.78. The summed E-state index contributed by atoms with van der Waals surface area (Å²) in [5.74, 6) is 2.78. The lowest BCUT2D eigenvalue weighted by Gasteiger charge is -2.12. The molecule has 2 heterocycles. The normalized spacial score (nSPS) is 10.8. The van der Waals surface area contributed by atoms with Crippen molar-refractivity contribution in [2.24, 2.45) is 0 Å². The topological polar surface area (TPSA) is 50.4 Å². The molecule has 0 saturated carbocycles. The van der Waals surface area contributed by atoms with E-state index in [9.17, 15) is 5.11 Å². The molecule has 31 heavy (non-hydrogen) atoms. The molecule has 0 aliphatic rings. The van der Waals surface area contributed by atoms with E-state index in [2.05, 4.69) is 5.92 Å². The number of benzene rings is 3. The molecule has 2 aromatic heterocycles. The molecule has 0 radical (unpaired) electrons. The van der Waals surface area contributed by atoms with Gasteiger partial charge in [-0.3, -0.25) is 4.40 Å². The van der Waals surface area contributed by atoms with Gasteiger partial charge in [-0.05, 0) is 11.5 Å². The molecular formula is C27H19N3O. The molecule has 4 heteroatoms. The largest absolute Gasteiger partial charge is 0.493 e. The predicted octanol–water partition coefficient (Wildman–Crippen LogP) is 5.34. The second kappa shape index (κ2) is 7.81. The summed E-state index contributed by atoms with van der Waals surface area (Å²) in [5, 5.41) is 11.2. The zero-order valence-electron chi connectivity index (χ0n) is 16.7. The lowest BCUT2D eigenvalue weighted by atomic mass is 10.1. The van der Waals surface area contributed by atoms with Crippen LogP contribution in [0.2, 0.25) is 0 Å². The maximum absolute atomic E-state index is 11.2. The minimum atomic E-state index is 0.0450. The van der Waals surface area contributed by atoms with E-state index in [0.717, 1.165) is 16.7 Å². The SMILES string of the molecule is C#Cc1c(-c2ccccc2)nc(-c2ccccc2)c2nc(Cc3ccccc3)c(O)n12. The van der Waals surface area contributed by atoms with E-state index >= 15 is 0 Å². The number of aromatic hydroxyl groups is 1. The summed E-state index contributed by atoms with van der Waals surface area (Å²) in [7, 11) is 0. The van der Waals surface area contributed by atoms with Crippen LogP contribution in [0.15, 0.2) is 91.0 Å². The Hall–Kier alpha value is -4.36. The van der Waals surface area contributed by atoms with Crippen molar-refractivity contribution in [3.63, 3.8) is 0 Å². The van der Waals surface area contributed by atoms with E-state index < -0.39 is 0 Å². The Kier molecular flexibility index (Phi) is 4.70. The van der Waals surface area contributed by atoms with Crippen molar-refractivity contribution in [1.29, 1.82) is 0 Å². The van der Waals surface area contributed by atoms with Crippen molar-refractivity contribution in [2.45, 2.75) is 6.42 Å². The van der Waals surface area contributed by atoms with Gasteiger partial charge in [-0.15, -0.1) is 6.42 Å². The molecule has 0 amide bonds. The van der Waals surface area contributed by atoms with Gasteiger partial charge in [0, 0.05) is 17.5 Å². The number of fused-ring (bicyclic) bond motifs is 1.